The highest BCUT2D eigenvalue weighted by Gasteiger charge is 2.26. The van der Waals surface area contributed by atoms with Gasteiger partial charge in [-0.25, -0.2) is 0 Å². The Bertz CT molecular complexity index is 480. The summed E-state index contributed by atoms with van der Waals surface area (Å²) in [5.74, 6) is 1.07. The largest absolute Gasteiger partial charge is 0.496 e. The van der Waals surface area contributed by atoms with Gasteiger partial charge in [-0.05, 0) is 24.1 Å². The van der Waals surface area contributed by atoms with Gasteiger partial charge >= 0.3 is 0 Å². The predicted molar refractivity (Wildman–Crippen MR) is 84.2 cm³/mol. The number of thioether (sulfide) groups is 1. The van der Waals surface area contributed by atoms with Gasteiger partial charge in [0, 0.05) is 12.7 Å². The lowest BCUT2D eigenvalue weighted by Gasteiger charge is -2.23. The highest BCUT2D eigenvalue weighted by molar-refractivity contribution is 8.13. The summed E-state index contributed by atoms with van der Waals surface area (Å²) < 4.78 is 10.4. The number of aliphatic hydroxyl groups is 3. The first kappa shape index (κ1) is 18.8. The van der Waals surface area contributed by atoms with Crippen LogP contribution in [0.2, 0.25) is 0 Å². The minimum absolute atomic E-state index is 0.0378. The first-order valence-electron chi connectivity index (χ1n) is 6.79. The molecule has 0 heterocycles. The van der Waals surface area contributed by atoms with Crippen molar-refractivity contribution in [1.82, 2.24) is 0 Å². The lowest BCUT2D eigenvalue weighted by Crippen LogP contribution is -2.20. The summed E-state index contributed by atoms with van der Waals surface area (Å²) in [6.45, 7) is 1.26. The normalized spacial score (nSPS) is 13.5. The van der Waals surface area contributed by atoms with Gasteiger partial charge < -0.3 is 24.8 Å². The Morgan fingerprint density at radius 2 is 1.77 bits per heavy atom. The number of carbonyl (C=O) groups is 1. The lowest BCUT2D eigenvalue weighted by molar-refractivity contribution is -0.109. The third-order valence-corrected chi connectivity index (χ3v) is 4.01. The van der Waals surface area contributed by atoms with E-state index in [-0.39, 0.29) is 18.1 Å². The highest BCUT2D eigenvalue weighted by atomic mass is 32.2. The SMILES string of the molecule is COc1cc(CO)cc(OC)c1C(O)C(O)CCSC(C)=O. The predicted octanol–water partition coefficient (Wildman–Crippen LogP) is 1.26. The summed E-state index contributed by atoms with van der Waals surface area (Å²) in [5, 5.41) is 29.7. The van der Waals surface area contributed by atoms with Crippen LogP contribution >= 0.6 is 11.8 Å². The first-order valence-corrected chi connectivity index (χ1v) is 7.78. The van der Waals surface area contributed by atoms with Gasteiger partial charge in [-0.15, -0.1) is 0 Å². The van der Waals surface area contributed by atoms with Gasteiger partial charge in [0.2, 0.25) is 0 Å². The quantitative estimate of drug-likeness (QED) is 0.660. The third-order valence-electron chi connectivity index (χ3n) is 3.17. The average molecular weight is 330 g/mol. The molecule has 1 aromatic rings. The van der Waals surface area contributed by atoms with E-state index in [4.69, 9.17) is 9.47 Å². The molecule has 0 bridgehead atoms. The van der Waals surface area contributed by atoms with Gasteiger partial charge in [0.15, 0.2) is 5.12 Å². The van der Waals surface area contributed by atoms with Crippen molar-refractivity contribution < 1.29 is 29.6 Å². The van der Waals surface area contributed by atoms with Gasteiger partial charge in [-0.3, -0.25) is 4.79 Å². The molecule has 0 aliphatic carbocycles. The minimum Gasteiger partial charge on any atom is -0.496 e. The number of rotatable bonds is 8. The molecule has 2 atom stereocenters. The molecule has 22 heavy (non-hydrogen) atoms. The second-order valence-electron chi connectivity index (χ2n) is 4.71. The topological polar surface area (TPSA) is 96.2 Å². The van der Waals surface area contributed by atoms with Crippen LogP contribution < -0.4 is 9.47 Å². The number of methoxy groups -OCH3 is 2. The van der Waals surface area contributed by atoms with Gasteiger partial charge in [-0.2, -0.15) is 0 Å². The van der Waals surface area contributed by atoms with Crippen LogP contribution in [0.3, 0.4) is 0 Å². The molecule has 0 spiro atoms. The Kier molecular flexibility index (Phi) is 7.67. The van der Waals surface area contributed by atoms with Crippen LogP contribution in [0.4, 0.5) is 0 Å². The second kappa shape index (κ2) is 8.99. The number of benzene rings is 1. The molecule has 0 saturated carbocycles. The molecule has 1 aromatic carbocycles. The van der Waals surface area contributed by atoms with Crippen molar-refractivity contribution >= 4 is 16.9 Å². The summed E-state index contributed by atoms with van der Waals surface area (Å²) in [4.78, 5) is 10.9. The summed E-state index contributed by atoms with van der Waals surface area (Å²) in [7, 11) is 2.87. The molecule has 2 unspecified atom stereocenters. The van der Waals surface area contributed by atoms with Crippen LogP contribution in [0.25, 0.3) is 0 Å². The highest BCUT2D eigenvalue weighted by Crippen LogP contribution is 2.37. The van der Waals surface area contributed by atoms with E-state index < -0.39 is 12.2 Å². The maximum Gasteiger partial charge on any atom is 0.185 e. The second-order valence-corrected chi connectivity index (χ2v) is 5.98. The zero-order chi connectivity index (χ0) is 16.7. The minimum atomic E-state index is -1.22. The van der Waals surface area contributed by atoms with Gasteiger partial charge in [0.25, 0.3) is 0 Å². The van der Waals surface area contributed by atoms with E-state index in [9.17, 15) is 20.1 Å². The van der Waals surface area contributed by atoms with Crippen molar-refractivity contribution in [3.63, 3.8) is 0 Å². The Labute approximate surface area is 134 Å². The molecule has 0 aliphatic rings. The van der Waals surface area contributed by atoms with Crippen LogP contribution in [-0.2, 0) is 11.4 Å². The van der Waals surface area contributed by atoms with E-state index in [1.165, 1.54) is 21.1 Å². The molecule has 0 aromatic heterocycles. The summed E-state index contributed by atoms with van der Waals surface area (Å²) in [6, 6.07) is 3.16. The van der Waals surface area contributed by atoms with Crippen molar-refractivity contribution in [1.29, 1.82) is 0 Å². The maximum absolute atomic E-state index is 10.9. The van der Waals surface area contributed by atoms with Gasteiger partial charge in [-0.1, -0.05) is 11.8 Å². The molecule has 6 nitrogen and oxygen atoms in total. The molecular weight excluding hydrogens is 308 g/mol. The Morgan fingerprint density at radius 3 is 2.18 bits per heavy atom. The maximum atomic E-state index is 10.9. The molecular formula is C15H22O6S. The Balaban J connectivity index is 2.99. The van der Waals surface area contributed by atoms with Crippen molar-refractivity contribution in [2.24, 2.45) is 0 Å². The number of hydrogen-bond donors (Lipinski definition) is 3. The van der Waals surface area contributed by atoms with Crippen LogP contribution in [0.15, 0.2) is 12.1 Å². The number of hydrogen-bond acceptors (Lipinski definition) is 7. The fourth-order valence-corrected chi connectivity index (χ4v) is 2.70. The Morgan fingerprint density at radius 1 is 1.23 bits per heavy atom. The summed E-state index contributed by atoms with van der Waals surface area (Å²) >= 11 is 1.09. The number of aliphatic hydroxyl groups excluding tert-OH is 3. The van der Waals surface area contributed by atoms with Crippen molar-refractivity contribution in [3.05, 3.63) is 23.3 Å². The summed E-state index contributed by atoms with van der Waals surface area (Å²) in [6.07, 6.45) is -2.03. The van der Waals surface area contributed by atoms with Crippen molar-refractivity contribution in [2.45, 2.75) is 32.2 Å². The van der Waals surface area contributed by atoms with E-state index in [1.54, 1.807) is 12.1 Å². The van der Waals surface area contributed by atoms with E-state index in [0.29, 0.717) is 28.4 Å². The molecule has 0 amide bonds. The standard InChI is InChI=1S/C15H22O6S/c1-9(17)22-5-4-11(18)15(19)14-12(20-2)6-10(8-16)7-13(14)21-3/h6-7,11,15-16,18-19H,4-5,8H2,1-3H3. The smallest absolute Gasteiger partial charge is 0.185 e. The van der Waals surface area contributed by atoms with E-state index in [0.717, 1.165) is 11.8 Å². The number of carbonyl (C=O) groups excluding carboxylic acids is 1. The van der Waals surface area contributed by atoms with Crippen LogP contribution in [0, 0.1) is 0 Å². The first-order chi connectivity index (χ1) is 10.4. The zero-order valence-electron chi connectivity index (χ0n) is 12.9. The third kappa shape index (κ3) is 4.88. The molecule has 7 heteroatoms. The Hall–Kier alpha value is -1.28. The lowest BCUT2D eigenvalue weighted by atomic mass is 9.98. The van der Waals surface area contributed by atoms with E-state index in [1.807, 2.05) is 0 Å². The fraction of sp³-hybridized carbons (Fsp3) is 0.533. The van der Waals surface area contributed by atoms with E-state index >= 15 is 0 Å². The molecule has 1 rings (SSSR count). The van der Waals surface area contributed by atoms with Gasteiger partial charge in [0.1, 0.15) is 17.6 Å². The average Bonchev–Trinajstić information content (AvgIpc) is 2.52. The molecule has 3 N–H and O–H groups in total. The molecule has 0 fully saturated rings. The zero-order valence-corrected chi connectivity index (χ0v) is 13.7. The number of ether oxygens (including phenoxy) is 2. The van der Waals surface area contributed by atoms with Crippen molar-refractivity contribution in [3.8, 4) is 11.5 Å². The van der Waals surface area contributed by atoms with Crippen LogP contribution in [0.5, 0.6) is 11.5 Å². The molecule has 0 aliphatic heterocycles. The van der Waals surface area contributed by atoms with Gasteiger partial charge in [0.05, 0.1) is 32.5 Å². The fourth-order valence-electron chi connectivity index (χ4n) is 2.05. The molecule has 124 valence electrons. The summed E-state index contributed by atoms with van der Waals surface area (Å²) in [5.41, 5.74) is 0.897. The monoisotopic (exact) mass is 330 g/mol. The van der Waals surface area contributed by atoms with Crippen LogP contribution in [0.1, 0.15) is 30.6 Å². The van der Waals surface area contributed by atoms with Crippen LogP contribution in [-0.4, -0.2) is 46.5 Å². The van der Waals surface area contributed by atoms with Crippen molar-refractivity contribution in [2.75, 3.05) is 20.0 Å². The molecule has 0 saturated heterocycles. The molecule has 0 radical (unpaired) electrons. The van der Waals surface area contributed by atoms with E-state index in [2.05, 4.69) is 0 Å².